The van der Waals surface area contributed by atoms with Gasteiger partial charge in [-0.1, -0.05) is 42.4 Å². The van der Waals surface area contributed by atoms with Crippen molar-refractivity contribution in [2.75, 3.05) is 4.41 Å². The Bertz CT molecular complexity index is 869. The van der Waals surface area contributed by atoms with Crippen molar-refractivity contribution in [3.8, 4) is 0 Å². The summed E-state index contributed by atoms with van der Waals surface area (Å²) in [6.07, 6.45) is 0.388. The maximum absolute atomic E-state index is 12.5. The van der Waals surface area contributed by atoms with E-state index in [0.29, 0.717) is 16.5 Å². The van der Waals surface area contributed by atoms with Crippen LogP contribution in [0.3, 0.4) is 0 Å². The van der Waals surface area contributed by atoms with Gasteiger partial charge in [0.05, 0.1) is 15.9 Å². The summed E-state index contributed by atoms with van der Waals surface area (Å²) in [6.45, 7) is 1.68. The monoisotopic (exact) mass is 377 g/mol. The van der Waals surface area contributed by atoms with E-state index < -0.39 is 21.8 Å². The molecule has 0 fully saturated rings. The minimum absolute atomic E-state index is 0.0956. The quantitative estimate of drug-likeness (QED) is 0.427. The topological polar surface area (TPSA) is 140 Å². The fourth-order valence-corrected chi connectivity index (χ4v) is 3.35. The number of carbonyl (C=O) groups is 1. The predicted octanol–water partition coefficient (Wildman–Crippen LogP) is 1.72. The molecule has 2 aromatic rings. The van der Waals surface area contributed by atoms with Crippen LogP contribution in [-0.2, 0) is 26.2 Å². The van der Waals surface area contributed by atoms with E-state index in [2.05, 4.69) is 21.2 Å². The number of nitrogens with zero attached hydrogens (tertiary/aromatic N) is 3. The number of hydrogen-bond acceptors (Lipinski definition) is 7. The Balaban J connectivity index is 2.12. The molecule has 0 radical (unpaired) electrons. The summed E-state index contributed by atoms with van der Waals surface area (Å²) in [5, 5.41) is 6.27. The second-order valence-electron chi connectivity index (χ2n) is 5.51. The lowest BCUT2D eigenvalue weighted by atomic mass is 10.0. The molecule has 4 N–H and O–H groups in total. The first-order valence-corrected chi connectivity index (χ1v) is 9.05. The van der Waals surface area contributed by atoms with Crippen molar-refractivity contribution in [2.45, 2.75) is 18.2 Å². The molecule has 138 valence electrons. The van der Waals surface area contributed by atoms with Crippen molar-refractivity contribution in [2.24, 2.45) is 28.0 Å². The van der Waals surface area contributed by atoms with E-state index in [1.165, 1.54) is 12.1 Å². The molecule has 0 bridgehead atoms. The predicted molar refractivity (Wildman–Crippen MR) is 94.7 cm³/mol. The van der Waals surface area contributed by atoms with Crippen LogP contribution in [0.4, 0.5) is 5.69 Å². The Morgan fingerprint density at radius 1 is 1.15 bits per heavy atom. The van der Waals surface area contributed by atoms with Gasteiger partial charge in [-0.3, -0.25) is 9.73 Å². The fourth-order valence-electron chi connectivity index (χ4n) is 2.23. The van der Waals surface area contributed by atoms with Gasteiger partial charge in [0, 0.05) is 5.92 Å². The minimum atomic E-state index is -3.85. The van der Waals surface area contributed by atoms with Gasteiger partial charge in [0.1, 0.15) is 0 Å². The van der Waals surface area contributed by atoms with Gasteiger partial charge in [-0.2, -0.15) is 8.42 Å². The third kappa shape index (κ3) is 4.63. The number of amides is 1. The average Bonchev–Trinajstić information content (AvgIpc) is 2.66. The number of hydrogen-bond donors (Lipinski definition) is 2. The zero-order valence-electron chi connectivity index (χ0n) is 14.0. The van der Waals surface area contributed by atoms with Crippen molar-refractivity contribution >= 4 is 21.6 Å². The Hall–Kier alpha value is -2.82. The third-order valence-corrected chi connectivity index (χ3v) is 5.24. The second-order valence-corrected chi connectivity index (χ2v) is 7.33. The van der Waals surface area contributed by atoms with Crippen LogP contribution in [0.15, 0.2) is 69.9 Å². The summed E-state index contributed by atoms with van der Waals surface area (Å²) < 4.78 is 25.7. The maximum Gasteiger partial charge on any atom is 0.277 e. The minimum Gasteiger partial charge on any atom is -0.282 e. The lowest BCUT2D eigenvalue weighted by molar-refractivity contribution is -0.122. The van der Waals surface area contributed by atoms with Gasteiger partial charge in [-0.05, 0) is 36.2 Å². The molecule has 1 atom stereocenters. The molecule has 0 aliphatic heterocycles. The number of nitrogens with two attached hydrogens (primary N) is 2. The molecule has 0 saturated heterocycles. The number of rotatable bonds is 7. The summed E-state index contributed by atoms with van der Waals surface area (Å²) in [4.78, 5) is 15.6. The second kappa shape index (κ2) is 8.52. The van der Waals surface area contributed by atoms with Gasteiger partial charge in [0.2, 0.25) is 0 Å². The summed E-state index contributed by atoms with van der Waals surface area (Å²) in [5.74, 6) is 9.55. The van der Waals surface area contributed by atoms with Gasteiger partial charge in [-0.25, -0.2) is 10.3 Å². The molecule has 1 unspecified atom stereocenters. The number of carbonyl (C=O) groups excluding carboxylic acids is 1. The first kappa shape index (κ1) is 19.5. The van der Waals surface area contributed by atoms with Crippen LogP contribution in [0.2, 0.25) is 0 Å². The van der Waals surface area contributed by atoms with Crippen LogP contribution < -0.4 is 16.2 Å². The van der Waals surface area contributed by atoms with Crippen LogP contribution >= 0.6 is 0 Å². The smallest absolute Gasteiger partial charge is 0.277 e. The molecule has 10 heteroatoms. The molecule has 1 amide bonds. The Labute approximate surface area is 151 Å². The van der Waals surface area contributed by atoms with Crippen molar-refractivity contribution in [1.29, 1.82) is 0 Å². The maximum atomic E-state index is 12.5. The highest BCUT2D eigenvalue weighted by Gasteiger charge is 2.22. The van der Waals surface area contributed by atoms with E-state index in [1.54, 1.807) is 49.4 Å². The molecule has 2 aromatic carbocycles. The standard InChI is InChI=1S/C16H19N5O4S/c1-12(16(22)19-20-25-18)11-13-7-9-14(10-8-13)21(17)26(23,24)15-5-3-2-4-6-15/h2-10,12H,11,17-18H2,1H3. The highest BCUT2D eigenvalue weighted by atomic mass is 32.2. The first-order chi connectivity index (χ1) is 12.4. The van der Waals surface area contributed by atoms with Crippen LogP contribution in [-0.4, -0.2) is 14.3 Å². The first-order valence-electron chi connectivity index (χ1n) is 7.61. The van der Waals surface area contributed by atoms with Gasteiger partial charge in [0.25, 0.3) is 15.9 Å². The van der Waals surface area contributed by atoms with Crippen molar-refractivity contribution in [1.82, 2.24) is 0 Å². The molecular weight excluding hydrogens is 358 g/mol. The van der Waals surface area contributed by atoms with Gasteiger partial charge >= 0.3 is 0 Å². The van der Waals surface area contributed by atoms with Gasteiger partial charge in [-0.15, -0.1) is 5.90 Å². The van der Waals surface area contributed by atoms with E-state index in [9.17, 15) is 13.2 Å². The normalized spacial score (nSPS) is 12.7. The molecule has 0 spiro atoms. The Morgan fingerprint density at radius 3 is 2.35 bits per heavy atom. The molecule has 26 heavy (non-hydrogen) atoms. The lowest BCUT2D eigenvalue weighted by Gasteiger charge is -2.19. The Morgan fingerprint density at radius 2 is 1.77 bits per heavy atom. The Kier molecular flexibility index (Phi) is 6.39. The average molecular weight is 377 g/mol. The molecule has 2 rings (SSSR count). The van der Waals surface area contributed by atoms with Crippen molar-refractivity contribution in [3.05, 3.63) is 60.2 Å². The van der Waals surface area contributed by atoms with E-state index in [4.69, 9.17) is 5.84 Å². The molecule has 0 heterocycles. The van der Waals surface area contributed by atoms with Crippen molar-refractivity contribution in [3.63, 3.8) is 0 Å². The molecule has 0 aromatic heterocycles. The molecule has 0 aliphatic rings. The summed E-state index contributed by atoms with van der Waals surface area (Å²) in [5.41, 5.74) is 1.11. The number of sulfonamides is 1. The van der Waals surface area contributed by atoms with Crippen molar-refractivity contribution < 1.29 is 18.2 Å². The van der Waals surface area contributed by atoms with E-state index in [-0.39, 0.29) is 4.90 Å². The molecular formula is C16H19N5O4S. The largest absolute Gasteiger partial charge is 0.282 e. The van der Waals surface area contributed by atoms with Crippen LogP contribution in [0, 0.1) is 5.92 Å². The van der Waals surface area contributed by atoms with Gasteiger partial charge in [0.15, 0.2) is 0 Å². The fraction of sp³-hybridized carbons (Fsp3) is 0.188. The highest BCUT2D eigenvalue weighted by molar-refractivity contribution is 7.92. The molecule has 9 nitrogen and oxygen atoms in total. The van der Waals surface area contributed by atoms with Crippen LogP contribution in [0.5, 0.6) is 0 Å². The number of hydrazine groups is 1. The zero-order chi connectivity index (χ0) is 19.2. The van der Waals surface area contributed by atoms with E-state index in [1.807, 2.05) is 0 Å². The third-order valence-electron chi connectivity index (χ3n) is 3.64. The summed E-state index contributed by atoms with van der Waals surface area (Å²) >= 11 is 0. The molecule has 0 aliphatic carbocycles. The van der Waals surface area contributed by atoms with E-state index in [0.717, 1.165) is 5.56 Å². The van der Waals surface area contributed by atoms with Crippen LogP contribution in [0.1, 0.15) is 12.5 Å². The van der Waals surface area contributed by atoms with Crippen LogP contribution in [0.25, 0.3) is 0 Å². The number of anilines is 1. The lowest BCUT2D eigenvalue weighted by Crippen LogP contribution is -2.37. The summed E-state index contributed by atoms with van der Waals surface area (Å²) in [7, 11) is -3.85. The van der Waals surface area contributed by atoms with Gasteiger partial charge < -0.3 is 0 Å². The zero-order valence-corrected chi connectivity index (χ0v) is 14.8. The van der Waals surface area contributed by atoms with E-state index >= 15 is 0 Å². The highest BCUT2D eigenvalue weighted by Crippen LogP contribution is 2.21. The summed E-state index contributed by atoms with van der Waals surface area (Å²) in [6, 6.07) is 14.4. The molecule has 0 saturated carbocycles. The SMILES string of the molecule is CC(Cc1ccc(N(N)S(=O)(=O)c2ccccc2)cc1)C(=O)N=NON. The number of benzene rings is 2.